The number of para-hydroxylation sites is 1. The van der Waals surface area contributed by atoms with Gasteiger partial charge in [0, 0.05) is 6.07 Å². The summed E-state index contributed by atoms with van der Waals surface area (Å²) in [7, 11) is 0. The zero-order chi connectivity index (χ0) is 10.8. The van der Waals surface area contributed by atoms with Gasteiger partial charge < -0.3 is 4.52 Å². The van der Waals surface area contributed by atoms with E-state index in [-0.39, 0.29) is 5.69 Å². The normalized spacial score (nSPS) is 10.2. The average molecular weight is 203 g/mol. The number of aryl methyl sites for hydroxylation is 1. The number of aromatic nitrogens is 1. The molecule has 75 valence electrons. The zero-order valence-corrected chi connectivity index (χ0v) is 7.93. The second-order valence-electron chi connectivity index (χ2n) is 3.01. The van der Waals surface area contributed by atoms with E-state index in [1.54, 1.807) is 25.1 Å². The Bertz CT molecular complexity index is 505. The molecule has 0 spiro atoms. The van der Waals surface area contributed by atoms with E-state index >= 15 is 0 Å². The van der Waals surface area contributed by atoms with Crippen LogP contribution in [0.15, 0.2) is 28.8 Å². The Morgan fingerprint density at radius 1 is 1.60 bits per heavy atom. The van der Waals surface area contributed by atoms with Crippen LogP contribution < -0.4 is 0 Å². The molecule has 0 bridgehead atoms. The largest absolute Gasteiger partial charge is 0.361 e. The van der Waals surface area contributed by atoms with E-state index in [1.165, 1.54) is 6.07 Å². The van der Waals surface area contributed by atoms with E-state index in [0.29, 0.717) is 17.0 Å². The summed E-state index contributed by atoms with van der Waals surface area (Å²) in [6.45, 7) is 1.73. The van der Waals surface area contributed by atoms with Crippen molar-refractivity contribution in [2.24, 2.45) is 0 Å². The van der Waals surface area contributed by atoms with Crippen molar-refractivity contribution in [3.05, 3.63) is 46.2 Å². The Labute approximate surface area is 85.5 Å². The molecule has 0 saturated carbocycles. The van der Waals surface area contributed by atoms with Crippen LogP contribution in [-0.2, 0) is 0 Å². The average Bonchev–Trinajstić information content (AvgIpc) is 2.65. The molecular weight excluding hydrogens is 196 g/mol. The Morgan fingerprint density at radius 3 is 3.00 bits per heavy atom. The van der Waals surface area contributed by atoms with Crippen molar-refractivity contribution in [2.45, 2.75) is 6.92 Å². The molecule has 1 heterocycles. The molecule has 0 amide bonds. The Kier molecular flexibility index (Phi) is 2.21. The second kappa shape index (κ2) is 3.53. The summed E-state index contributed by atoms with van der Waals surface area (Å²) in [5.41, 5.74) is 0.779. The standard InChI is InChI=1S/C10H7N2O3/c1-7-6-9(11-15-7)8-4-2-3-5-10(8)12(13)14/h2-4,6H,1H3. The van der Waals surface area contributed by atoms with Crippen molar-refractivity contribution >= 4 is 5.69 Å². The van der Waals surface area contributed by atoms with Crippen molar-refractivity contribution in [3.63, 3.8) is 0 Å². The molecule has 2 rings (SSSR count). The first-order valence-corrected chi connectivity index (χ1v) is 4.27. The number of nitro benzene ring substituents is 1. The number of benzene rings is 1. The Morgan fingerprint density at radius 2 is 2.40 bits per heavy atom. The monoisotopic (exact) mass is 203 g/mol. The fraction of sp³-hybridized carbons (Fsp3) is 0.100. The van der Waals surface area contributed by atoms with E-state index in [2.05, 4.69) is 11.2 Å². The minimum atomic E-state index is -0.487. The highest BCUT2D eigenvalue weighted by Gasteiger charge is 2.17. The SMILES string of the molecule is Cc1cc(-c2ccc[c]c2[N+](=O)[O-])no1. The number of rotatable bonds is 2. The molecule has 0 unspecified atom stereocenters. The van der Waals surface area contributed by atoms with Gasteiger partial charge in [0.2, 0.25) is 0 Å². The van der Waals surface area contributed by atoms with Gasteiger partial charge in [-0.05, 0) is 19.1 Å². The predicted octanol–water partition coefficient (Wildman–Crippen LogP) is 2.36. The highest BCUT2D eigenvalue weighted by Crippen LogP contribution is 2.28. The van der Waals surface area contributed by atoms with E-state index in [9.17, 15) is 10.1 Å². The van der Waals surface area contributed by atoms with Gasteiger partial charge in [0.15, 0.2) is 0 Å². The van der Waals surface area contributed by atoms with E-state index < -0.39 is 4.92 Å². The summed E-state index contributed by atoms with van der Waals surface area (Å²) in [6, 6.07) is 9.00. The summed E-state index contributed by atoms with van der Waals surface area (Å²) < 4.78 is 4.87. The first-order chi connectivity index (χ1) is 7.18. The topological polar surface area (TPSA) is 69.2 Å². The molecule has 0 saturated heterocycles. The summed E-state index contributed by atoms with van der Waals surface area (Å²) in [5, 5.41) is 14.4. The molecule has 1 aromatic heterocycles. The van der Waals surface area contributed by atoms with Crippen LogP contribution in [-0.4, -0.2) is 10.1 Å². The first-order valence-electron chi connectivity index (χ1n) is 4.27. The lowest BCUT2D eigenvalue weighted by molar-refractivity contribution is -0.384. The molecule has 0 aliphatic rings. The third-order valence-corrected chi connectivity index (χ3v) is 1.92. The number of hydrogen-bond acceptors (Lipinski definition) is 4. The highest BCUT2D eigenvalue weighted by molar-refractivity contribution is 5.69. The van der Waals surface area contributed by atoms with Crippen LogP contribution in [0, 0.1) is 23.1 Å². The van der Waals surface area contributed by atoms with Crippen LogP contribution in [0.25, 0.3) is 11.3 Å². The molecule has 2 aromatic rings. The Hall–Kier alpha value is -2.17. The van der Waals surface area contributed by atoms with Crippen LogP contribution in [0.4, 0.5) is 5.69 Å². The summed E-state index contributed by atoms with van der Waals surface area (Å²) in [5.74, 6) is 0.614. The molecule has 0 aliphatic carbocycles. The van der Waals surface area contributed by atoms with Gasteiger partial charge in [-0.2, -0.15) is 0 Å². The van der Waals surface area contributed by atoms with Gasteiger partial charge in [0.05, 0.1) is 16.6 Å². The van der Waals surface area contributed by atoms with E-state index in [0.717, 1.165) is 0 Å². The van der Waals surface area contributed by atoms with Crippen LogP contribution in [0.5, 0.6) is 0 Å². The van der Waals surface area contributed by atoms with Crippen LogP contribution in [0.3, 0.4) is 0 Å². The predicted molar refractivity (Wildman–Crippen MR) is 52.2 cm³/mol. The van der Waals surface area contributed by atoms with Crippen molar-refractivity contribution in [2.75, 3.05) is 0 Å². The second-order valence-corrected chi connectivity index (χ2v) is 3.01. The minimum absolute atomic E-state index is 0.0919. The lowest BCUT2D eigenvalue weighted by atomic mass is 10.1. The van der Waals surface area contributed by atoms with Crippen LogP contribution in [0.1, 0.15) is 5.76 Å². The van der Waals surface area contributed by atoms with Gasteiger partial charge in [0.25, 0.3) is 5.69 Å². The maximum Gasteiger partial charge on any atom is 0.286 e. The third-order valence-electron chi connectivity index (χ3n) is 1.92. The minimum Gasteiger partial charge on any atom is -0.361 e. The lowest BCUT2D eigenvalue weighted by Gasteiger charge is -1.96. The molecule has 1 radical (unpaired) electrons. The van der Waals surface area contributed by atoms with E-state index in [4.69, 9.17) is 4.52 Å². The molecule has 5 heteroatoms. The molecule has 0 N–H and O–H groups in total. The van der Waals surface area contributed by atoms with Crippen molar-refractivity contribution < 1.29 is 9.45 Å². The first kappa shape index (κ1) is 9.39. The van der Waals surface area contributed by atoms with E-state index in [1.807, 2.05) is 0 Å². The molecule has 15 heavy (non-hydrogen) atoms. The fourth-order valence-electron chi connectivity index (χ4n) is 1.28. The third kappa shape index (κ3) is 1.71. The Balaban J connectivity index is 2.57. The van der Waals surface area contributed by atoms with Gasteiger partial charge >= 0.3 is 0 Å². The summed E-state index contributed by atoms with van der Waals surface area (Å²) in [4.78, 5) is 10.2. The highest BCUT2D eigenvalue weighted by atomic mass is 16.6. The van der Waals surface area contributed by atoms with Gasteiger partial charge in [-0.25, -0.2) is 0 Å². The maximum atomic E-state index is 10.7. The number of nitrogens with zero attached hydrogens (tertiary/aromatic N) is 2. The maximum absolute atomic E-state index is 10.7. The number of nitro groups is 1. The zero-order valence-electron chi connectivity index (χ0n) is 7.93. The summed E-state index contributed by atoms with van der Waals surface area (Å²) >= 11 is 0. The van der Waals surface area contributed by atoms with Crippen LogP contribution in [0.2, 0.25) is 0 Å². The molecule has 0 aliphatic heterocycles. The van der Waals surface area contributed by atoms with Crippen molar-refractivity contribution in [1.29, 1.82) is 0 Å². The molecule has 1 aromatic carbocycles. The van der Waals surface area contributed by atoms with Gasteiger partial charge in [-0.1, -0.05) is 11.2 Å². The number of hydrogen-bond donors (Lipinski definition) is 0. The summed E-state index contributed by atoms with van der Waals surface area (Å²) in [6.07, 6.45) is 0. The molecule has 5 nitrogen and oxygen atoms in total. The lowest BCUT2D eigenvalue weighted by Crippen LogP contribution is -1.91. The van der Waals surface area contributed by atoms with Gasteiger partial charge in [0.1, 0.15) is 11.5 Å². The quantitative estimate of drug-likeness (QED) is 0.554. The molecule has 0 fully saturated rings. The molecule has 0 atom stereocenters. The van der Waals surface area contributed by atoms with Crippen molar-refractivity contribution in [1.82, 2.24) is 5.16 Å². The fourth-order valence-corrected chi connectivity index (χ4v) is 1.28. The van der Waals surface area contributed by atoms with Gasteiger partial charge in [-0.15, -0.1) is 0 Å². The van der Waals surface area contributed by atoms with Crippen LogP contribution >= 0.6 is 0 Å². The van der Waals surface area contributed by atoms with Crippen molar-refractivity contribution in [3.8, 4) is 11.3 Å². The smallest absolute Gasteiger partial charge is 0.286 e. The van der Waals surface area contributed by atoms with Gasteiger partial charge in [-0.3, -0.25) is 10.1 Å². The molecular formula is C10H7N2O3.